The van der Waals surface area contributed by atoms with E-state index in [9.17, 15) is 0 Å². The summed E-state index contributed by atoms with van der Waals surface area (Å²) in [4.78, 5) is 0. The second-order valence-electron chi connectivity index (χ2n) is 5.19. The molecule has 1 aliphatic heterocycles. The molecule has 4 heteroatoms. The minimum Gasteiger partial charge on any atom is -0.485 e. The topological polar surface area (TPSA) is 21.3 Å². The van der Waals surface area contributed by atoms with Crippen LogP contribution in [0.4, 0.5) is 0 Å². The van der Waals surface area contributed by atoms with Crippen LogP contribution in [-0.4, -0.2) is 6.54 Å². The molecule has 0 bridgehead atoms. The molecule has 0 aromatic heterocycles. The maximum atomic E-state index is 6.15. The molecule has 3 rings (SSSR count). The molecule has 2 aromatic carbocycles. The summed E-state index contributed by atoms with van der Waals surface area (Å²) in [6.45, 7) is 3.01. The Morgan fingerprint density at radius 3 is 2.71 bits per heavy atom. The van der Waals surface area contributed by atoms with Gasteiger partial charge < -0.3 is 10.1 Å². The zero-order valence-corrected chi connectivity index (χ0v) is 13.3. The predicted octanol–water partition coefficient (Wildman–Crippen LogP) is 5.17. The van der Waals surface area contributed by atoms with Gasteiger partial charge in [0, 0.05) is 28.1 Å². The second-order valence-corrected chi connectivity index (χ2v) is 6.06. The fraction of sp³-hybridized carbons (Fsp3) is 0.294. The number of halogens is 2. The molecule has 2 nitrogen and oxygen atoms in total. The molecule has 0 radical (unpaired) electrons. The van der Waals surface area contributed by atoms with Crippen LogP contribution in [0.3, 0.4) is 0 Å². The molecule has 110 valence electrons. The van der Waals surface area contributed by atoms with Crippen LogP contribution in [0.2, 0.25) is 10.0 Å². The van der Waals surface area contributed by atoms with E-state index < -0.39 is 0 Å². The van der Waals surface area contributed by atoms with Crippen molar-refractivity contribution in [1.29, 1.82) is 0 Å². The van der Waals surface area contributed by atoms with Crippen molar-refractivity contribution in [2.75, 3.05) is 6.54 Å². The lowest BCUT2D eigenvalue weighted by molar-refractivity contribution is 0.152. The molecule has 0 saturated carbocycles. The van der Waals surface area contributed by atoms with Crippen molar-refractivity contribution in [3.8, 4) is 5.75 Å². The highest BCUT2D eigenvalue weighted by Crippen LogP contribution is 2.42. The van der Waals surface area contributed by atoms with Crippen LogP contribution in [0.1, 0.15) is 36.6 Å². The van der Waals surface area contributed by atoms with Crippen molar-refractivity contribution < 1.29 is 4.74 Å². The summed E-state index contributed by atoms with van der Waals surface area (Å²) in [5.41, 5.74) is 2.23. The average molecular weight is 322 g/mol. The van der Waals surface area contributed by atoms with Gasteiger partial charge in [-0.15, -0.1) is 0 Å². The number of fused-ring (bicyclic) bond motifs is 1. The van der Waals surface area contributed by atoms with E-state index in [-0.39, 0.29) is 12.1 Å². The van der Waals surface area contributed by atoms with Crippen LogP contribution < -0.4 is 10.1 Å². The lowest BCUT2D eigenvalue weighted by Crippen LogP contribution is -2.29. The smallest absolute Gasteiger partial charge is 0.126 e. The first-order valence-electron chi connectivity index (χ1n) is 7.12. The quantitative estimate of drug-likeness (QED) is 0.842. The molecule has 0 aliphatic carbocycles. The molecule has 1 aliphatic rings. The summed E-state index contributed by atoms with van der Waals surface area (Å²) < 4.78 is 6.15. The summed E-state index contributed by atoms with van der Waals surface area (Å²) in [6, 6.07) is 13.9. The zero-order chi connectivity index (χ0) is 14.8. The van der Waals surface area contributed by atoms with E-state index in [1.807, 2.05) is 36.4 Å². The first-order chi connectivity index (χ1) is 10.2. The van der Waals surface area contributed by atoms with Crippen LogP contribution in [-0.2, 0) is 0 Å². The highest BCUT2D eigenvalue weighted by atomic mass is 35.5. The first kappa shape index (κ1) is 14.7. The first-order valence-corrected chi connectivity index (χ1v) is 7.88. The number of hydrogen-bond donors (Lipinski definition) is 1. The van der Waals surface area contributed by atoms with Gasteiger partial charge in [0.25, 0.3) is 0 Å². The van der Waals surface area contributed by atoms with Gasteiger partial charge in [0.2, 0.25) is 0 Å². The Balaban J connectivity index is 1.95. The van der Waals surface area contributed by atoms with E-state index in [1.165, 1.54) is 0 Å². The van der Waals surface area contributed by atoms with Gasteiger partial charge in [-0.3, -0.25) is 0 Å². The molecular weight excluding hydrogens is 305 g/mol. The van der Waals surface area contributed by atoms with Gasteiger partial charge in [-0.25, -0.2) is 0 Å². The number of benzene rings is 2. The van der Waals surface area contributed by atoms with Gasteiger partial charge in [-0.2, -0.15) is 0 Å². The Morgan fingerprint density at radius 1 is 1.14 bits per heavy atom. The highest BCUT2D eigenvalue weighted by molar-refractivity contribution is 6.31. The molecule has 0 spiro atoms. The van der Waals surface area contributed by atoms with E-state index >= 15 is 0 Å². The minimum absolute atomic E-state index is 0.00132. The van der Waals surface area contributed by atoms with E-state index in [0.29, 0.717) is 0 Å². The third kappa shape index (κ3) is 3.18. The van der Waals surface area contributed by atoms with Crippen LogP contribution in [0, 0.1) is 0 Å². The van der Waals surface area contributed by atoms with E-state index in [1.54, 1.807) is 0 Å². The van der Waals surface area contributed by atoms with Crippen molar-refractivity contribution in [1.82, 2.24) is 5.32 Å². The van der Waals surface area contributed by atoms with Gasteiger partial charge in [-0.05, 0) is 42.4 Å². The number of hydrogen-bond acceptors (Lipinski definition) is 2. The van der Waals surface area contributed by atoms with Crippen LogP contribution in [0.15, 0.2) is 42.5 Å². The lowest BCUT2D eigenvalue weighted by atomic mass is 9.93. The van der Waals surface area contributed by atoms with Crippen molar-refractivity contribution in [3.63, 3.8) is 0 Å². The highest BCUT2D eigenvalue weighted by Gasteiger charge is 2.29. The molecule has 2 unspecified atom stereocenters. The van der Waals surface area contributed by atoms with Crippen molar-refractivity contribution >= 4 is 23.2 Å². The fourth-order valence-corrected chi connectivity index (χ4v) is 3.17. The maximum absolute atomic E-state index is 6.15. The molecule has 0 amide bonds. The summed E-state index contributed by atoms with van der Waals surface area (Å²) in [5.74, 6) is 0.890. The Labute approximate surface area is 135 Å². The standard InChI is InChI=1S/C17H17Cl2NO/c1-2-20-15-10-17(11-4-3-5-12(18)8-11)21-16-7-6-13(19)9-14(15)16/h3-9,15,17,20H,2,10H2,1H3. The third-order valence-corrected chi connectivity index (χ3v) is 4.21. The predicted molar refractivity (Wildman–Crippen MR) is 87.3 cm³/mol. The minimum atomic E-state index is 0.00132. The van der Waals surface area contributed by atoms with Crippen molar-refractivity contribution in [2.24, 2.45) is 0 Å². The van der Waals surface area contributed by atoms with Gasteiger partial charge in [0.1, 0.15) is 11.9 Å². The monoisotopic (exact) mass is 321 g/mol. The van der Waals surface area contributed by atoms with Crippen molar-refractivity contribution in [3.05, 3.63) is 63.6 Å². The van der Waals surface area contributed by atoms with Crippen LogP contribution in [0.5, 0.6) is 5.75 Å². The summed E-state index contributed by atoms with van der Waals surface area (Å²) in [6.07, 6.45) is 0.864. The van der Waals surface area contributed by atoms with E-state index in [2.05, 4.69) is 18.3 Å². The van der Waals surface area contributed by atoms with Gasteiger partial charge in [-0.1, -0.05) is 42.3 Å². The number of ether oxygens (including phenoxy) is 1. The van der Waals surface area contributed by atoms with Crippen LogP contribution >= 0.6 is 23.2 Å². The van der Waals surface area contributed by atoms with Gasteiger partial charge in [0.15, 0.2) is 0 Å². The Morgan fingerprint density at radius 2 is 1.95 bits per heavy atom. The molecule has 0 fully saturated rings. The van der Waals surface area contributed by atoms with E-state index in [0.717, 1.165) is 39.9 Å². The van der Waals surface area contributed by atoms with Gasteiger partial charge in [0.05, 0.1) is 0 Å². The lowest BCUT2D eigenvalue weighted by Gasteiger charge is -2.33. The Kier molecular flexibility index (Phi) is 4.39. The largest absolute Gasteiger partial charge is 0.485 e. The van der Waals surface area contributed by atoms with Crippen LogP contribution in [0.25, 0.3) is 0 Å². The molecule has 2 atom stereocenters. The number of nitrogens with one attached hydrogen (secondary N) is 1. The third-order valence-electron chi connectivity index (χ3n) is 3.74. The molecule has 1 N–H and O–H groups in total. The Hall–Kier alpha value is -1.22. The summed E-state index contributed by atoms with van der Waals surface area (Å²) in [5, 5.41) is 4.98. The molecule has 2 aromatic rings. The molecule has 21 heavy (non-hydrogen) atoms. The molecular formula is C17H17Cl2NO. The Bertz CT molecular complexity index is 644. The van der Waals surface area contributed by atoms with Gasteiger partial charge >= 0.3 is 0 Å². The SMILES string of the molecule is CCNC1CC(c2cccc(Cl)c2)Oc2ccc(Cl)cc21. The normalized spacial score (nSPS) is 20.7. The van der Waals surface area contributed by atoms with E-state index in [4.69, 9.17) is 27.9 Å². The van der Waals surface area contributed by atoms with Crippen molar-refractivity contribution in [2.45, 2.75) is 25.5 Å². The summed E-state index contributed by atoms with van der Waals surface area (Å²) in [7, 11) is 0. The number of rotatable bonds is 3. The second kappa shape index (κ2) is 6.27. The molecule has 1 heterocycles. The maximum Gasteiger partial charge on any atom is 0.126 e. The fourth-order valence-electron chi connectivity index (χ4n) is 2.79. The average Bonchev–Trinajstić information content (AvgIpc) is 2.48. The molecule has 0 saturated heterocycles. The zero-order valence-electron chi connectivity index (χ0n) is 11.8. The summed E-state index contributed by atoms with van der Waals surface area (Å²) >= 11 is 12.2.